The number of halogens is 3. The van der Waals surface area contributed by atoms with E-state index in [1.165, 1.54) is 25.7 Å². The third-order valence-corrected chi connectivity index (χ3v) is 10.2. The van der Waals surface area contributed by atoms with Crippen LogP contribution in [0.1, 0.15) is 38.5 Å². The maximum absolute atomic E-state index is 6.57. The van der Waals surface area contributed by atoms with E-state index in [-0.39, 0.29) is 0 Å². The van der Waals surface area contributed by atoms with Crippen LogP contribution in [-0.4, -0.2) is 31.9 Å². The second kappa shape index (κ2) is 4.72. The Labute approximate surface area is 116 Å². The largest absolute Gasteiger partial charge is 0.135 e. The molecule has 0 nitrogen and oxygen atoms in total. The van der Waals surface area contributed by atoms with Crippen molar-refractivity contribution in [1.82, 2.24) is 0 Å². The number of alkyl halides is 3. The highest BCUT2D eigenvalue weighted by atomic mass is 35.5. The quantitative estimate of drug-likeness (QED) is 0.470. The molecular weight excluding hydrogens is 283 g/mol. The normalized spacial score (nSPS) is 56.8. The van der Waals surface area contributed by atoms with Gasteiger partial charge in [0.25, 0.3) is 0 Å². The third kappa shape index (κ3) is 1.90. The van der Waals surface area contributed by atoms with Crippen molar-refractivity contribution in [1.29, 1.82) is 0 Å². The van der Waals surface area contributed by atoms with Gasteiger partial charge in [0.05, 0.1) is 16.1 Å². The first-order valence-electron chi connectivity index (χ1n) is 6.31. The summed E-state index contributed by atoms with van der Waals surface area (Å²) in [5.74, 6) is 0. The molecule has 0 bridgehead atoms. The lowest BCUT2D eigenvalue weighted by molar-refractivity contribution is 0.548. The monoisotopic (exact) mass is 299 g/mol. The summed E-state index contributed by atoms with van der Waals surface area (Å²) in [7, 11) is 0.416. The van der Waals surface area contributed by atoms with E-state index in [2.05, 4.69) is 0 Å². The van der Waals surface area contributed by atoms with E-state index in [0.717, 1.165) is 28.6 Å². The van der Waals surface area contributed by atoms with E-state index in [0.29, 0.717) is 27.0 Å². The van der Waals surface area contributed by atoms with Crippen LogP contribution in [0.5, 0.6) is 0 Å². The maximum atomic E-state index is 6.57. The van der Waals surface area contributed by atoms with Crippen molar-refractivity contribution in [2.45, 2.75) is 70.4 Å². The molecule has 3 saturated heterocycles. The van der Waals surface area contributed by atoms with Gasteiger partial charge in [-0.1, -0.05) is 0 Å². The van der Waals surface area contributed by atoms with Gasteiger partial charge in [0, 0.05) is 23.7 Å². The van der Waals surface area contributed by atoms with Crippen molar-refractivity contribution in [2.24, 2.45) is 0 Å². The summed E-state index contributed by atoms with van der Waals surface area (Å²) in [4.78, 5) is 0. The molecule has 1 unspecified atom stereocenters. The van der Waals surface area contributed by atoms with Crippen LogP contribution in [0, 0.1) is 0 Å². The van der Waals surface area contributed by atoms with E-state index in [9.17, 15) is 0 Å². The summed E-state index contributed by atoms with van der Waals surface area (Å²) in [6.45, 7) is 0. The Balaban J connectivity index is 1.91. The Morgan fingerprint density at radius 2 is 0.875 bits per heavy atom. The van der Waals surface area contributed by atoms with Crippen LogP contribution >= 0.6 is 34.8 Å². The van der Waals surface area contributed by atoms with Gasteiger partial charge < -0.3 is 0 Å². The van der Waals surface area contributed by atoms with Crippen molar-refractivity contribution in [3.8, 4) is 0 Å². The van der Waals surface area contributed by atoms with Crippen LogP contribution in [0.4, 0.5) is 0 Å². The second-order valence-corrected chi connectivity index (χ2v) is 9.62. The second-order valence-electron chi connectivity index (χ2n) is 5.30. The molecule has 92 valence electrons. The standard InChI is InChI=1S/C12H18Cl3S/c13-7-1-2-8(14)11-5-6-12-9(15)3-4-10(7)16(11)12/h7-12H,1-6H2/q+1/t7-,8-,9+,10+,11+,12-,16?/m0/s1. The zero-order valence-electron chi connectivity index (χ0n) is 9.25. The van der Waals surface area contributed by atoms with Gasteiger partial charge in [-0.2, -0.15) is 0 Å². The van der Waals surface area contributed by atoms with Crippen molar-refractivity contribution in [2.75, 3.05) is 0 Å². The molecule has 0 aromatic carbocycles. The highest BCUT2D eigenvalue weighted by Gasteiger charge is 2.59. The minimum absolute atomic E-state index is 0.361. The van der Waals surface area contributed by atoms with Gasteiger partial charge >= 0.3 is 0 Å². The molecule has 0 aromatic heterocycles. The van der Waals surface area contributed by atoms with Gasteiger partial charge in [-0.3, -0.25) is 0 Å². The molecule has 0 N–H and O–H groups in total. The minimum Gasteiger partial charge on any atom is -0.118 e. The zero-order valence-corrected chi connectivity index (χ0v) is 12.3. The molecule has 3 fully saturated rings. The van der Waals surface area contributed by atoms with Gasteiger partial charge in [-0.15, -0.1) is 34.8 Å². The molecule has 0 aliphatic carbocycles. The summed E-state index contributed by atoms with van der Waals surface area (Å²) in [6, 6.07) is 0. The fourth-order valence-electron chi connectivity index (χ4n) is 3.66. The van der Waals surface area contributed by atoms with E-state index < -0.39 is 0 Å². The highest BCUT2D eigenvalue weighted by Crippen LogP contribution is 2.49. The third-order valence-electron chi connectivity index (χ3n) is 4.44. The molecule has 7 atom stereocenters. The van der Waals surface area contributed by atoms with Crippen LogP contribution in [0.3, 0.4) is 0 Å². The predicted molar refractivity (Wildman–Crippen MR) is 75.4 cm³/mol. The lowest BCUT2D eigenvalue weighted by Gasteiger charge is -2.32. The Kier molecular flexibility index (Phi) is 3.62. The molecule has 0 saturated carbocycles. The smallest absolute Gasteiger partial charge is 0.118 e. The molecule has 0 amide bonds. The molecule has 16 heavy (non-hydrogen) atoms. The predicted octanol–water partition coefficient (Wildman–Crippen LogP) is 3.91. The fourth-order valence-corrected chi connectivity index (χ4v) is 9.49. The van der Waals surface area contributed by atoms with Crippen molar-refractivity contribution < 1.29 is 0 Å². The first-order chi connectivity index (χ1) is 7.68. The van der Waals surface area contributed by atoms with Crippen LogP contribution in [0.15, 0.2) is 0 Å². The van der Waals surface area contributed by atoms with Gasteiger partial charge in [0.15, 0.2) is 0 Å². The highest BCUT2D eigenvalue weighted by molar-refractivity contribution is 7.99. The first kappa shape index (κ1) is 12.3. The molecule has 0 aromatic rings. The van der Waals surface area contributed by atoms with Gasteiger partial charge in [0.2, 0.25) is 0 Å². The summed E-state index contributed by atoms with van der Waals surface area (Å²) in [6.07, 6.45) is 7.22. The lowest BCUT2D eigenvalue weighted by atomic mass is 10.00. The summed E-state index contributed by atoms with van der Waals surface area (Å²) in [5, 5.41) is 3.29. The Morgan fingerprint density at radius 3 is 1.31 bits per heavy atom. The number of hydrogen-bond donors (Lipinski definition) is 0. The molecule has 0 spiro atoms. The topological polar surface area (TPSA) is 0 Å². The summed E-state index contributed by atoms with van der Waals surface area (Å²) < 4.78 is 0. The Morgan fingerprint density at radius 1 is 0.562 bits per heavy atom. The van der Waals surface area contributed by atoms with Crippen molar-refractivity contribution >= 4 is 45.7 Å². The number of hydrogen-bond acceptors (Lipinski definition) is 0. The molecule has 3 aliphatic rings. The van der Waals surface area contributed by atoms with Crippen LogP contribution in [0.2, 0.25) is 0 Å². The van der Waals surface area contributed by atoms with Crippen molar-refractivity contribution in [3.05, 3.63) is 0 Å². The van der Waals surface area contributed by atoms with Crippen molar-refractivity contribution in [3.63, 3.8) is 0 Å². The first-order valence-corrected chi connectivity index (χ1v) is 9.03. The average Bonchev–Trinajstić information content (AvgIpc) is 2.67. The Hall–Kier alpha value is 1.22. The summed E-state index contributed by atoms with van der Waals surface area (Å²) in [5.41, 5.74) is 0. The van der Waals surface area contributed by atoms with Crippen LogP contribution in [0.25, 0.3) is 0 Å². The fraction of sp³-hybridized carbons (Fsp3) is 1.00. The average molecular weight is 301 g/mol. The van der Waals surface area contributed by atoms with E-state index in [1.807, 2.05) is 0 Å². The molecule has 3 rings (SSSR count). The SMILES string of the molecule is Cl[C@@H]1CC[C@@H]2[C@@H](Cl)CC[C@H](Cl)[C@H]3CC[C@@H]1[S+]23. The van der Waals surface area contributed by atoms with Crippen LogP contribution in [-0.2, 0) is 10.9 Å². The van der Waals surface area contributed by atoms with E-state index in [4.69, 9.17) is 34.8 Å². The van der Waals surface area contributed by atoms with E-state index >= 15 is 0 Å². The van der Waals surface area contributed by atoms with E-state index in [1.54, 1.807) is 0 Å². The van der Waals surface area contributed by atoms with Gasteiger partial charge in [-0.05, 0) is 25.7 Å². The summed E-state index contributed by atoms with van der Waals surface area (Å²) >= 11 is 19.6. The minimum atomic E-state index is 0.361. The Bertz CT molecular complexity index is 273. The zero-order chi connectivity index (χ0) is 11.3. The molecule has 3 aliphatic heterocycles. The van der Waals surface area contributed by atoms with Gasteiger partial charge in [0.1, 0.15) is 15.7 Å². The lowest BCUT2D eigenvalue weighted by Crippen LogP contribution is -2.47. The van der Waals surface area contributed by atoms with Crippen LogP contribution < -0.4 is 0 Å². The molecular formula is C12H18Cl3S+. The maximum Gasteiger partial charge on any atom is 0.135 e. The molecule has 0 radical (unpaired) electrons. The molecule has 3 heterocycles. The van der Waals surface area contributed by atoms with Gasteiger partial charge in [-0.25, -0.2) is 0 Å². The number of rotatable bonds is 0. The molecule has 4 heteroatoms.